The minimum Gasteiger partial charge on any atom is -0.398 e. The maximum Gasteiger partial charge on any atom is 0.151 e. The summed E-state index contributed by atoms with van der Waals surface area (Å²) < 4.78 is 0.934. The molecule has 0 atom stereocenters. The van der Waals surface area contributed by atoms with Crippen molar-refractivity contribution in [3.05, 3.63) is 28.6 Å². The van der Waals surface area contributed by atoms with Gasteiger partial charge in [-0.25, -0.2) is 0 Å². The highest BCUT2D eigenvalue weighted by molar-refractivity contribution is 7.17. The Hall–Kier alpha value is -1.86. The van der Waals surface area contributed by atoms with Gasteiger partial charge in [0, 0.05) is 21.0 Å². The second-order valence-electron chi connectivity index (χ2n) is 2.86. The largest absolute Gasteiger partial charge is 0.398 e. The molecular weight excluding hydrogens is 196 g/mol. The molecule has 0 bridgehead atoms. The number of thiophene rings is 1. The number of fused-ring (bicyclic) bond motifs is 1. The van der Waals surface area contributed by atoms with Crippen molar-refractivity contribution < 1.29 is 4.79 Å². The van der Waals surface area contributed by atoms with E-state index in [-0.39, 0.29) is 0 Å². The maximum atomic E-state index is 10.7. The Labute approximate surface area is 84.4 Å². The zero-order valence-electron chi connectivity index (χ0n) is 7.15. The van der Waals surface area contributed by atoms with Gasteiger partial charge >= 0.3 is 0 Å². The van der Waals surface area contributed by atoms with Crippen molar-refractivity contribution in [1.82, 2.24) is 0 Å². The van der Waals surface area contributed by atoms with Gasteiger partial charge in [-0.05, 0) is 12.1 Å². The average Bonchev–Trinajstić information content (AvgIpc) is 2.58. The Balaban J connectivity index is 2.85. The van der Waals surface area contributed by atoms with E-state index in [0.717, 1.165) is 16.4 Å². The molecule has 1 heterocycles. The van der Waals surface area contributed by atoms with E-state index in [0.29, 0.717) is 16.8 Å². The molecule has 2 aromatic rings. The SMILES string of the molecule is N#Cc1cc2c(C=O)csc2cc1N. The van der Waals surface area contributed by atoms with Crippen LogP contribution >= 0.6 is 11.3 Å². The fourth-order valence-corrected chi connectivity index (χ4v) is 2.23. The lowest BCUT2D eigenvalue weighted by atomic mass is 10.1. The fraction of sp³-hybridized carbons (Fsp3) is 0. The summed E-state index contributed by atoms with van der Waals surface area (Å²) in [5.74, 6) is 0. The first kappa shape index (κ1) is 8.73. The van der Waals surface area contributed by atoms with E-state index in [2.05, 4.69) is 0 Å². The van der Waals surface area contributed by atoms with Crippen LogP contribution in [0.1, 0.15) is 15.9 Å². The molecule has 3 nitrogen and oxygen atoms in total. The average molecular weight is 202 g/mol. The number of nitrogens with zero attached hydrogens (tertiary/aromatic N) is 1. The minimum atomic E-state index is 0.416. The molecule has 0 aliphatic rings. The molecule has 2 N–H and O–H groups in total. The number of carbonyl (C=O) groups excluding carboxylic acids is 1. The second kappa shape index (κ2) is 3.13. The normalized spacial score (nSPS) is 9.93. The fourth-order valence-electron chi connectivity index (χ4n) is 1.30. The van der Waals surface area contributed by atoms with Gasteiger partial charge in [-0.1, -0.05) is 0 Å². The number of hydrogen-bond donors (Lipinski definition) is 1. The maximum absolute atomic E-state index is 10.7. The van der Waals surface area contributed by atoms with Gasteiger partial charge < -0.3 is 5.73 Å². The highest BCUT2D eigenvalue weighted by Crippen LogP contribution is 2.28. The molecule has 0 aliphatic heterocycles. The summed E-state index contributed by atoms with van der Waals surface area (Å²) in [4.78, 5) is 10.7. The third-order valence-corrected chi connectivity index (χ3v) is 2.99. The number of aldehydes is 1. The van der Waals surface area contributed by atoms with Crippen LogP contribution in [0.25, 0.3) is 10.1 Å². The molecule has 0 unspecified atom stereocenters. The van der Waals surface area contributed by atoms with Gasteiger partial charge in [0.2, 0.25) is 0 Å². The number of carbonyl (C=O) groups is 1. The first-order valence-corrected chi connectivity index (χ1v) is 4.80. The molecule has 0 radical (unpaired) electrons. The van der Waals surface area contributed by atoms with E-state index < -0.39 is 0 Å². The number of nitriles is 1. The van der Waals surface area contributed by atoms with E-state index in [9.17, 15) is 4.79 Å². The van der Waals surface area contributed by atoms with Gasteiger partial charge in [-0.15, -0.1) is 11.3 Å². The number of hydrogen-bond acceptors (Lipinski definition) is 4. The second-order valence-corrected chi connectivity index (χ2v) is 3.77. The van der Waals surface area contributed by atoms with Crippen LogP contribution < -0.4 is 5.73 Å². The summed E-state index contributed by atoms with van der Waals surface area (Å²) in [6.07, 6.45) is 0.788. The van der Waals surface area contributed by atoms with Gasteiger partial charge in [-0.3, -0.25) is 4.79 Å². The zero-order valence-corrected chi connectivity index (χ0v) is 7.97. The highest BCUT2D eigenvalue weighted by atomic mass is 32.1. The molecule has 0 saturated carbocycles. The van der Waals surface area contributed by atoms with E-state index in [1.165, 1.54) is 11.3 Å². The Kier molecular flexibility index (Phi) is 1.95. The van der Waals surface area contributed by atoms with Crippen molar-refractivity contribution in [2.75, 3.05) is 5.73 Å². The Morgan fingerprint density at radius 2 is 2.29 bits per heavy atom. The van der Waals surface area contributed by atoms with Crippen molar-refractivity contribution in [2.24, 2.45) is 0 Å². The Bertz CT molecular complexity index is 551. The molecule has 0 fully saturated rings. The summed E-state index contributed by atoms with van der Waals surface area (Å²) in [5, 5.41) is 11.3. The summed E-state index contributed by atoms with van der Waals surface area (Å²) in [6, 6.07) is 5.38. The van der Waals surface area contributed by atoms with E-state index in [4.69, 9.17) is 11.0 Å². The van der Waals surface area contributed by atoms with Gasteiger partial charge in [0.25, 0.3) is 0 Å². The van der Waals surface area contributed by atoms with Crippen LogP contribution in [-0.4, -0.2) is 6.29 Å². The van der Waals surface area contributed by atoms with Crippen LogP contribution in [0.3, 0.4) is 0 Å². The summed E-state index contributed by atoms with van der Waals surface area (Å²) in [6.45, 7) is 0. The lowest BCUT2D eigenvalue weighted by Gasteiger charge is -1.97. The van der Waals surface area contributed by atoms with Crippen LogP contribution in [-0.2, 0) is 0 Å². The van der Waals surface area contributed by atoms with Crippen LogP contribution in [0.4, 0.5) is 5.69 Å². The van der Waals surface area contributed by atoms with E-state index >= 15 is 0 Å². The van der Waals surface area contributed by atoms with Crippen LogP contribution in [0.15, 0.2) is 17.5 Å². The molecule has 1 aromatic carbocycles. The number of nitrogens with two attached hydrogens (primary N) is 1. The minimum absolute atomic E-state index is 0.416. The third-order valence-electron chi connectivity index (χ3n) is 2.02. The standard InChI is InChI=1S/C10H6N2OS/c11-3-6-1-8-7(4-13)5-14-10(8)2-9(6)12/h1-2,4-5H,12H2. The molecule has 14 heavy (non-hydrogen) atoms. The molecule has 68 valence electrons. The number of nitrogen functional groups attached to an aromatic ring is 1. The van der Waals surface area contributed by atoms with Crippen molar-refractivity contribution in [1.29, 1.82) is 5.26 Å². The highest BCUT2D eigenvalue weighted by Gasteiger charge is 2.06. The van der Waals surface area contributed by atoms with Gasteiger partial charge in [0.05, 0.1) is 11.3 Å². The molecule has 0 saturated heterocycles. The van der Waals surface area contributed by atoms with E-state index in [1.54, 1.807) is 17.5 Å². The summed E-state index contributed by atoms with van der Waals surface area (Å²) in [7, 11) is 0. The lowest BCUT2D eigenvalue weighted by Crippen LogP contribution is -1.89. The van der Waals surface area contributed by atoms with Gasteiger partial charge in [0.1, 0.15) is 6.07 Å². The third kappa shape index (κ3) is 1.15. The molecule has 4 heteroatoms. The number of benzene rings is 1. The zero-order chi connectivity index (χ0) is 10.1. The first-order valence-electron chi connectivity index (χ1n) is 3.92. The predicted octanol–water partition coefficient (Wildman–Crippen LogP) is 2.17. The predicted molar refractivity (Wildman–Crippen MR) is 56.3 cm³/mol. The quantitative estimate of drug-likeness (QED) is 0.569. The molecular formula is C10H6N2OS. The van der Waals surface area contributed by atoms with Crippen molar-refractivity contribution in [3.63, 3.8) is 0 Å². The number of anilines is 1. The van der Waals surface area contributed by atoms with Crippen molar-refractivity contribution in [3.8, 4) is 6.07 Å². The van der Waals surface area contributed by atoms with Crippen LogP contribution in [0.5, 0.6) is 0 Å². The van der Waals surface area contributed by atoms with Crippen LogP contribution in [0, 0.1) is 11.3 Å². The summed E-state index contributed by atoms with van der Waals surface area (Å²) >= 11 is 1.45. The monoisotopic (exact) mass is 202 g/mol. The molecule has 2 rings (SSSR count). The van der Waals surface area contributed by atoms with E-state index in [1.807, 2.05) is 6.07 Å². The summed E-state index contributed by atoms with van der Waals surface area (Å²) in [5.41, 5.74) is 7.13. The molecule has 0 spiro atoms. The van der Waals surface area contributed by atoms with Crippen molar-refractivity contribution in [2.45, 2.75) is 0 Å². The molecule has 0 amide bonds. The smallest absolute Gasteiger partial charge is 0.151 e. The Morgan fingerprint density at radius 1 is 1.50 bits per heavy atom. The molecule has 1 aromatic heterocycles. The van der Waals surface area contributed by atoms with Crippen molar-refractivity contribution >= 4 is 33.4 Å². The Morgan fingerprint density at radius 3 is 2.93 bits per heavy atom. The lowest BCUT2D eigenvalue weighted by molar-refractivity contribution is 0.112. The van der Waals surface area contributed by atoms with Gasteiger partial charge in [-0.2, -0.15) is 5.26 Å². The van der Waals surface area contributed by atoms with Gasteiger partial charge in [0.15, 0.2) is 6.29 Å². The first-order chi connectivity index (χ1) is 6.76. The molecule has 0 aliphatic carbocycles. The van der Waals surface area contributed by atoms with Crippen LogP contribution in [0.2, 0.25) is 0 Å². The topological polar surface area (TPSA) is 66.9 Å². The number of rotatable bonds is 1.